The van der Waals surface area contributed by atoms with Crippen molar-refractivity contribution >= 4 is 17.3 Å². The molecule has 0 radical (unpaired) electrons. The Hall–Kier alpha value is -2.05. The molecule has 0 unspecified atom stereocenters. The van der Waals surface area contributed by atoms with E-state index in [1.54, 1.807) is 20.4 Å². The summed E-state index contributed by atoms with van der Waals surface area (Å²) < 4.78 is 6.47. The van der Waals surface area contributed by atoms with Crippen LogP contribution in [0.1, 0.15) is 12.0 Å². The molecule has 0 bridgehead atoms. The lowest BCUT2D eigenvalue weighted by Crippen LogP contribution is -2.32. The van der Waals surface area contributed by atoms with E-state index in [0.717, 1.165) is 50.6 Å². The third-order valence-electron chi connectivity index (χ3n) is 4.55. The van der Waals surface area contributed by atoms with Gasteiger partial charge in [-0.3, -0.25) is 9.69 Å². The van der Waals surface area contributed by atoms with E-state index in [2.05, 4.69) is 27.0 Å². The molecule has 0 amide bonds. The Morgan fingerprint density at radius 2 is 1.92 bits per heavy atom. The van der Waals surface area contributed by atoms with Gasteiger partial charge in [-0.25, -0.2) is 4.68 Å². The normalized spacial score (nSPS) is 15.9. The van der Waals surface area contributed by atoms with Crippen molar-refractivity contribution in [3.8, 4) is 5.75 Å². The molecular weight excluding hydrogens is 340 g/mol. The molecule has 0 N–H and O–H groups in total. The van der Waals surface area contributed by atoms with Crippen LogP contribution in [0, 0.1) is 0 Å². The average Bonchev–Trinajstić information content (AvgIpc) is 2.86. The summed E-state index contributed by atoms with van der Waals surface area (Å²) in [6, 6.07) is 8.18. The fourth-order valence-electron chi connectivity index (χ4n) is 3.08. The first-order valence-corrected chi connectivity index (χ1v) is 8.78. The second-order valence-corrected chi connectivity index (χ2v) is 6.62. The van der Waals surface area contributed by atoms with Gasteiger partial charge in [-0.2, -0.15) is 5.10 Å². The number of hydrogen-bond donors (Lipinski definition) is 0. The summed E-state index contributed by atoms with van der Waals surface area (Å²) in [5.74, 6) is 0.874. The van der Waals surface area contributed by atoms with Crippen LogP contribution in [0.5, 0.6) is 5.75 Å². The predicted molar refractivity (Wildman–Crippen MR) is 99.6 cm³/mol. The Morgan fingerprint density at radius 1 is 1.16 bits per heavy atom. The monoisotopic (exact) mass is 362 g/mol. The van der Waals surface area contributed by atoms with Crippen molar-refractivity contribution in [2.75, 3.05) is 38.2 Å². The molecule has 2 aromatic rings. The van der Waals surface area contributed by atoms with Crippen LogP contribution in [0.4, 0.5) is 5.69 Å². The van der Waals surface area contributed by atoms with E-state index in [9.17, 15) is 4.79 Å². The molecule has 1 aliphatic heterocycles. The molecule has 6 nitrogen and oxygen atoms in total. The van der Waals surface area contributed by atoms with E-state index in [1.165, 1.54) is 10.2 Å². The molecule has 0 saturated carbocycles. The fraction of sp³-hybridized carbons (Fsp3) is 0.444. The van der Waals surface area contributed by atoms with Crippen molar-refractivity contribution in [1.29, 1.82) is 0 Å². The number of anilines is 1. The zero-order valence-corrected chi connectivity index (χ0v) is 15.4. The first kappa shape index (κ1) is 17.8. The number of halogens is 1. The smallest absolute Gasteiger partial charge is 0.287 e. The second-order valence-electron chi connectivity index (χ2n) is 6.24. The van der Waals surface area contributed by atoms with Crippen molar-refractivity contribution in [2.24, 2.45) is 7.05 Å². The Labute approximate surface area is 152 Å². The van der Waals surface area contributed by atoms with Gasteiger partial charge in [-0.05, 0) is 24.1 Å². The first-order chi connectivity index (χ1) is 12.1. The Bertz CT molecular complexity index is 776. The summed E-state index contributed by atoms with van der Waals surface area (Å²) in [7, 11) is 3.28. The lowest BCUT2D eigenvalue weighted by atomic mass is 10.2. The highest BCUT2D eigenvalue weighted by Crippen LogP contribution is 2.22. The minimum atomic E-state index is -0.251. The third kappa shape index (κ3) is 4.14. The van der Waals surface area contributed by atoms with Crippen LogP contribution in [-0.4, -0.2) is 48.0 Å². The molecule has 1 saturated heterocycles. The summed E-state index contributed by atoms with van der Waals surface area (Å²) in [6.45, 7) is 4.52. The van der Waals surface area contributed by atoms with E-state index in [-0.39, 0.29) is 10.6 Å². The fourth-order valence-corrected chi connectivity index (χ4v) is 3.37. The molecule has 134 valence electrons. The topological polar surface area (TPSA) is 50.6 Å². The Balaban J connectivity index is 1.66. The van der Waals surface area contributed by atoms with Crippen LogP contribution in [0.2, 0.25) is 5.02 Å². The van der Waals surface area contributed by atoms with E-state index in [4.69, 9.17) is 16.3 Å². The molecule has 1 aliphatic rings. The van der Waals surface area contributed by atoms with E-state index >= 15 is 0 Å². The van der Waals surface area contributed by atoms with Crippen LogP contribution in [-0.2, 0) is 13.6 Å². The molecule has 7 heteroatoms. The maximum atomic E-state index is 12.0. The molecule has 3 rings (SSSR count). The van der Waals surface area contributed by atoms with Gasteiger partial charge >= 0.3 is 0 Å². The van der Waals surface area contributed by atoms with E-state index in [0.29, 0.717) is 0 Å². The third-order valence-corrected chi connectivity index (χ3v) is 4.91. The Kier molecular flexibility index (Phi) is 5.60. The minimum Gasteiger partial charge on any atom is -0.497 e. The average molecular weight is 363 g/mol. The van der Waals surface area contributed by atoms with Crippen LogP contribution in [0.15, 0.2) is 35.3 Å². The van der Waals surface area contributed by atoms with Crippen molar-refractivity contribution in [1.82, 2.24) is 14.7 Å². The van der Waals surface area contributed by atoms with Gasteiger partial charge in [-0.15, -0.1) is 0 Å². The highest BCUT2D eigenvalue weighted by molar-refractivity contribution is 6.33. The summed E-state index contributed by atoms with van der Waals surface area (Å²) in [5, 5.41) is 4.35. The maximum Gasteiger partial charge on any atom is 0.287 e. The molecule has 0 atom stereocenters. The van der Waals surface area contributed by atoms with Gasteiger partial charge in [0.1, 0.15) is 10.8 Å². The predicted octanol–water partition coefficient (Wildman–Crippen LogP) is 2.15. The number of benzene rings is 1. The molecule has 2 heterocycles. The van der Waals surface area contributed by atoms with Gasteiger partial charge in [0.15, 0.2) is 0 Å². The van der Waals surface area contributed by atoms with Crippen LogP contribution in [0.3, 0.4) is 0 Å². The van der Waals surface area contributed by atoms with E-state index < -0.39 is 0 Å². The molecule has 1 aromatic heterocycles. The van der Waals surface area contributed by atoms with Crippen LogP contribution >= 0.6 is 11.6 Å². The summed E-state index contributed by atoms with van der Waals surface area (Å²) in [4.78, 5) is 16.6. The van der Waals surface area contributed by atoms with Crippen molar-refractivity contribution < 1.29 is 4.74 Å². The molecular formula is C18H23ClN4O2. The number of methoxy groups -OCH3 is 1. The highest BCUT2D eigenvalue weighted by Gasteiger charge is 2.19. The molecule has 1 aromatic carbocycles. The zero-order chi connectivity index (χ0) is 17.8. The molecule has 0 spiro atoms. The first-order valence-electron chi connectivity index (χ1n) is 8.40. The van der Waals surface area contributed by atoms with Gasteiger partial charge in [0.25, 0.3) is 5.56 Å². The zero-order valence-electron chi connectivity index (χ0n) is 14.6. The minimum absolute atomic E-state index is 0.251. The van der Waals surface area contributed by atoms with Crippen LogP contribution in [0.25, 0.3) is 0 Å². The number of aromatic nitrogens is 2. The van der Waals surface area contributed by atoms with E-state index in [1.807, 2.05) is 12.1 Å². The summed E-state index contributed by atoms with van der Waals surface area (Å²) >= 11 is 6.24. The number of nitrogens with zero attached hydrogens (tertiary/aromatic N) is 4. The highest BCUT2D eigenvalue weighted by atomic mass is 35.5. The molecule has 25 heavy (non-hydrogen) atoms. The summed E-state index contributed by atoms with van der Waals surface area (Å²) in [6.07, 6.45) is 2.70. The Morgan fingerprint density at radius 3 is 2.64 bits per heavy atom. The standard InChI is InChI=1S/C18H23ClN4O2/c1-21-18(24)17(19)16(12-20-21)23-9-3-8-22(10-11-23)13-14-4-6-15(25-2)7-5-14/h4-7,12H,3,8-11,13H2,1-2H3. The van der Waals surface area contributed by atoms with Crippen LogP contribution < -0.4 is 15.2 Å². The van der Waals surface area contributed by atoms with Gasteiger partial charge in [0, 0.05) is 39.8 Å². The lowest BCUT2D eigenvalue weighted by molar-refractivity contribution is 0.285. The number of ether oxygens (including phenoxy) is 1. The van der Waals surface area contributed by atoms with Crippen molar-refractivity contribution in [2.45, 2.75) is 13.0 Å². The maximum absolute atomic E-state index is 12.0. The summed E-state index contributed by atoms with van der Waals surface area (Å²) in [5.41, 5.74) is 1.75. The number of aryl methyl sites for hydroxylation is 1. The molecule has 1 fully saturated rings. The largest absolute Gasteiger partial charge is 0.497 e. The number of rotatable bonds is 4. The van der Waals surface area contributed by atoms with Gasteiger partial charge in [0.05, 0.1) is 19.0 Å². The van der Waals surface area contributed by atoms with Gasteiger partial charge < -0.3 is 9.64 Å². The SMILES string of the molecule is COc1ccc(CN2CCCN(c3cnn(C)c(=O)c3Cl)CC2)cc1. The van der Waals surface area contributed by atoms with Gasteiger partial charge in [-0.1, -0.05) is 23.7 Å². The lowest BCUT2D eigenvalue weighted by Gasteiger charge is -2.24. The van der Waals surface area contributed by atoms with Crippen molar-refractivity contribution in [3.63, 3.8) is 0 Å². The molecule has 0 aliphatic carbocycles. The van der Waals surface area contributed by atoms with Crippen molar-refractivity contribution in [3.05, 3.63) is 51.4 Å². The second kappa shape index (κ2) is 7.89. The van der Waals surface area contributed by atoms with Gasteiger partial charge in [0.2, 0.25) is 0 Å². The quantitative estimate of drug-likeness (QED) is 0.834. The number of hydrogen-bond acceptors (Lipinski definition) is 5.